The van der Waals surface area contributed by atoms with Crippen LogP contribution in [-0.2, 0) is 11.2 Å². The summed E-state index contributed by atoms with van der Waals surface area (Å²) in [5.41, 5.74) is 7.00. The van der Waals surface area contributed by atoms with Gasteiger partial charge in [0.05, 0.1) is 17.1 Å². The zero-order valence-corrected chi connectivity index (χ0v) is 21.8. The molecule has 2 heterocycles. The lowest BCUT2D eigenvalue weighted by molar-refractivity contribution is -0.119. The second-order valence-electron chi connectivity index (χ2n) is 10.2. The third kappa shape index (κ3) is 4.47. The molecule has 0 spiro atoms. The predicted octanol–water partition coefficient (Wildman–Crippen LogP) is 6.48. The molecule has 1 aliphatic carbocycles. The van der Waals surface area contributed by atoms with E-state index in [9.17, 15) is 9.59 Å². The molecular formula is C32H32N4O2. The molecule has 3 amide bonds. The predicted molar refractivity (Wildman–Crippen MR) is 151 cm³/mol. The van der Waals surface area contributed by atoms with Crippen molar-refractivity contribution in [2.75, 3.05) is 16.8 Å². The highest BCUT2D eigenvalue weighted by molar-refractivity contribution is 6.01. The molecule has 1 aliphatic heterocycles. The topological polar surface area (TPSA) is 57.6 Å². The lowest BCUT2D eigenvalue weighted by Gasteiger charge is -2.39. The number of nitrogens with zero attached hydrogens (tertiary/aromatic N) is 3. The summed E-state index contributed by atoms with van der Waals surface area (Å²) in [5.74, 6) is -0.0983. The molecule has 1 saturated carbocycles. The highest BCUT2D eigenvalue weighted by atomic mass is 16.2. The van der Waals surface area contributed by atoms with E-state index in [1.807, 2.05) is 65.7 Å². The van der Waals surface area contributed by atoms with Crippen molar-refractivity contribution in [2.45, 2.75) is 45.2 Å². The van der Waals surface area contributed by atoms with E-state index in [-0.39, 0.29) is 30.6 Å². The number of hydrogen-bond donors (Lipinski definition) is 1. The lowest BCUT2D eigenvalue weighted by atomic mass is 9.97. The Morgan fingerprint density at radius 3 is 2.29 bits per heavy atom. The number of anilines is 2. The van der Waals surface area contributed by atoms with E-state index >= 15 is 0 Å². The number of hydrogen-bond acceptors (Lipinski definition) is 2. The van der Waals surface area contributed by atoms with Crippen molar-refractivity contribution in [2.24, 2.45) is 0 Å². The minimum absolute atomic E-state index is 0.0148. The zero-order chi connectivity index (χ0) is 26.2. The Morgan fingerprint density at radius 2 is 1.61 bits per heavy atom. The number of para-hydroxylation sites is 2. The zero-order valence-electron chi connectivity index (χ0n) is 21.8. The largest absolute Gasteiger partial charge is 0.322 e. The molecule has 6 heteroatoms. The number of aryl methyl sites for hydroxylation is 2. The average molecular weight is 505 g/mol. The molecule has 0 bridgehead atoms. The van der Waals surface area contributed by atoms with Gasteiger partial charge in [-0.25, -0.2) is 4.79 Å². The first-order valence-corrected chi connectivity index (χ1v) is 13.4. The van der Waals surface area contributed by atoms with Gasteiger partial charge in [-0.1, -0.05) is 61.0 Å². The molecule has 2 aliphatic rings. The summed E-state index contributed by atoms with van der Waals surface area (Å²) in [6.07, 6.45) is 4.82. The van der Waals surface area contributed by atoms with E-state index < -0.39 is 0 Å². The van der Waals surface area contributed by atoms with Crippen LogP contribution in [0, 0.1) is 6.92 Å². The van der Waals surface area contributed by atoms with Gasteiger partial charge in [-0.05, 0) is 73.7 Å². The highest BCUT2D eigenvalue weighted by Gasteiger charge is 2.40. The number of benzene rings is 3. The fraction of sp³-hybridized carbons (Fsp3) is 0.250. The van der Waals surface area contributed by atoms with Crippen LogP contribution in [0.1, 0.15) is 48.2 Å². The van der Waals surface area contributed by atoms with Crippen LogP contribution >= 0.6 is 0 Å². The number of fused-ring (bicyclic) bond motifs is 3. The van der Waals surface area contributed by atoms with E-state index in [1.165, 1.54) is 11.1 Å². The van der Waals surface area contributed by atoms with Crippen molar-refractivity contribution in [3.63, 3.8) is 0 Å². The summed E-state index contributed by atoms with van der Waals surface area (Å²) in [4.78, 5) is 31.2. The van der Waals surface area contributed by atoms with Crippen LogP contribution in [0.25, 0.3) is 5.69 Å². The van der Waals surface area contributed by atoms with Crippen molar-refractivity contribution < 1.29 is 9.59 Å². The van der Waals surface area contributed by atoms with Gasteiger partial charge in [0.2, 0.25) is 5.91 Å². The van der Waals surface area contributed by atoms with Crippen LogP contribution < -0.4 is 10.2 Å². The highest BCUT2D eigenvalue weighted by Crippen LogP contribution is 2.42. The van der Waals surface area contributed by atoms with Crippen LogP contribution in [0.3, 0.4) is 0 Å². The Kier molecular flexibility index (Phi) is 6.24. The molecule has 38 heavy (non-hydrogen) atoms. The molecule has 0 radical (unpaired) electrons. The van der Waals surface area contributed by atoms with Crippen LogP contribution in [-0.4, -0.2) is 34.0 Å². The minimum atomic E-state index is -0.293. The Balaban J connectivity index is 1.33. The van der Waals surface area contributed by atoms with Gasteiger partial charge in [-0.15, -0.1) is 0 Å². The Morgan fingerprint density at radius 1 is 0.895 bits per heavy atom. The van der Waals surface area contributed by atoms with Crippen LogP contribution in [0.15, 0.2) is 91.1 Å². The Hall–Kier alpha value is -4.32. The van der Waals surface area contributed by atoms with Crippen molar-refractivity contribution in [1.82, 2.24) is 9.47 Å². The Labute approximate surface area is 223 Å². The molecule has 1 unspecified atom stereocenters. The first-order valence-electron chi connectivity index (χ1n) is 13.4. The quantitative estimate of drug-likeness (QED) is 0.327. The molecule has 1 N–H and O–H groups in total. The minimum Gasteiger partial charge on any atom is -0.316 e. The fourth-order valence-corrected chi connectivity index (χ4v) is 5.32. The number of carbonyl (C=O) groups excluding carboxylic acids is 2. The maximum Gasteiger partial charge on any atom is 0.322 e. The second-order valence-corrected chi connectivity index (χ2v) is 10.2. The van der Waals surface area contributed by atoms with E-state index in [0.29, 0.717) is 0 Å². The van der Waals surface area contributed by atoms with E-state index in [0.717, 1.165) is 47.6 Å². The summed E-state index contributed by atoms with van der Waals surface area (Å²) in [7, 11) is 0. The van der Waals surface area contributed by atoms with Crippen molar-refractivity contribution in [3.8, 4) is 5.69 Å². The summed E-state index contributed by atoms with van der Waals surface area (Å²) in [5, 5.41) is 3.01. The molecule has 4 aromatic rings. The molecular weight excluding hydrogens is 472 g/mol. The van der Waals surface area contributed by atoms with E-state index in [4.69, 9.17) is 0 Å². The number of nitrogens with one attached hydrogen (secondary N) is 1. The monoisotopic (exact) mass is 504 g/mol. The van der Waals surface area contributed by atoms with Crippen LogP contribution in [0.2, 0.25) is 0 Å². The Bertz CT molecular complexity index is 1470. The van der Waals surface area contributed by atoms with Crippen LogP contribution in [0.5, 0.6) is 0 Å². The van der Waals surface area contributed by atoms with Gasteiger partial charge >= 0.3 is 6.03 Å². The normalized spacial score (nSPS) is 15.9. The van der Waals surface area contributed by atoms with Gasteiger partial charge in [0, 0.05) is 17.9 Å². The van der Waals surface area contributed by atoms with Gasteiger partial charge < -0.3 is 14.8 Å². The molecule has 192 valence electrons. The summed E-state index contributed by atoms with van der Waals surface area (Å²) >= 11 is 0. The number of aromatic nitrogens is 1. The molecule has 1 aromatic heterocycles. The average Bonchev–Trinajstić information content (AvgIpc) is 3.66. The van der Waals surface area contributed by atoms with E-state index in [2.05, 4.69) is 54.1 Å². The maximum atomic E-state index is 14.2. The second kappa shape index (κ2) is 9.86. The number of carbonyl (C=O) groups is 2. The molecule has 6 rings (SSSR count). The van der Waals surface area contributed by atoms with Crippen molar-refractivity contribution >= 4 is 23.3 Å². The smallest absolute Gasteiger partial charge is 0.316 e. The fourth-order valence-electron chi connectivity index (χ4n) is 5.32. The molecule has 1 atom stereocenters. The van der Waals surface area contributed by atoms with Gasteiger partial charge in [-0.3, -0.25) is 9.69 Å². The molecule has 1 fully saturated rings. The first-order chi connectivity index (χ1) is 18.5. The standard InChI is InChI=1S/C32H32N4O2/c1-3-23-12-16-25(17-13-23)33-32(38)35(26-18-19-26)21-30(37)36-28-8-5-4-7-27(28)34-20-6-9-29(34)31(36)24-14-10-22(2)11-15-24/h4-17,20,26,31H,3,18-19,21H2,1-2H3,(H,33,38). The molecule has 6 nitrogen and oxygen atoms in total. The maximum absolute atomic E-state index is 14.2. The van der Waals surface area contributed by atoms with Gasteiger partial charge in [0.15, 0.2) is 0 Å². The summed E-state index contributed by atoms with van der Waals surface area (Å²) in [6.45, 7) is 4.18. The third-order valence-electron chi connectivity index (χ3n) is 7.55. The number of rotatable bonds is 6. The van der Waals surface area contributed by atoms with Crippen LogP contribution in [0.4, 0.5) is 16.2 Å². The van der Waals surface area contributed by atoms with Gasteiger partial charge in [0.1, 0.15) is 12.6 Å². The van der Waals surface area contributed by atoms with Gasteiger partial charge in [0.25, 0.3) is 0 Å². The molecule has 3 aromatic carbocycles. The lowest BCUT2D eigenvalue weighted by Crippen LogP contribution is -2.48. The van der Waals surface area contributed by atoms with Crippen molar-refractivity contribution in [3.05, 3.63) is 114 Å². The number of amides is 3. The van der Waals surface area contributed by atoms with Crippen molar-refractivity contribution in [1.29, 1.82) is 0 Å². The summed E-state index contributed by atoms with van der Waals surface area (Å²) < 4.78 is 2.16. The van der Waals surface area contributed by atoms with E-state index in [1.54, 1.807) is 4.90 Å². The SMILES string of the molecule is CCc1ccc(NC(=O)N(CC(=O)N2c3ccccc3-n3cccc3C2c2ccc(C)cc2)C2CC2)cc1. The van der Waals surface area contributed by atoms with Gasteiger partial charge in [-0.2, -0.15) is 0 Å². The first kappa shape index (κ1) is 24.0. The number of urea groups is 1. The molecule has 0 saturated heterocycles. The summed E-state index contributed by atoms with van der Waals surface area (Å²) in [6, 6.07) is 27.9. The third-order valence-corrected chi connectivity index (χ3v) is 7.55.